The van der Waals surface area contributed by atoms with Gasteiger partial charge in [0.15, 0.2) is 0 Å². The number of para-hydroxylation sites is 1. The molecule has 1 rings (SSSR count). The van der Waals surface area contributed by atoms with Crippen LogP contribution in [0.25, 0.3) is 0 Å². The summed E-state index contributed by atoms with van der Waals surface area (Å²) in [5, 5.41) is 0. The van der Waals surface area contributed by atoms with E-state index in [9.17, 15) is 0 Å². The van der Waals surface area contributed by atoms with E-state index < -0.39 is 0 Å². The quantitative estimate of drug-likeness (QED) is 0.504. The van der Waals surface area contributed by atoms with E-state index in [1.807, 2.05) is 30.3 Å². The summed E-state index contributed by atoms with van der Waals surface area (Å²) in [6, 6.07) is 9.69. The summed E-state index contributed by atoms with van der Waals surface area (Å²) < 4.78 is 5.11. The molecular formula is C6H7NiOP. The Hall–Kier alpha value is -0.0565. The topological polar surface area (TPSA) is 9.23 Å². The molecule has 0 saturated carbocycles. The summed E-state index contributed by atoms with van der Waals surface area (Å²) in [5.74, 6) is 0.896. The monoisotopic (exact) mass is 184 g/mol. The van der Waals surface area contributed by atoms with E-state index in [1.165, 1.54) is 0 Å². The summed E-state index contributed by atoms with van der Waals surface area (Å²) in [4.78, 5) is 0. The van der Waals surface area contributed by atoms with Gasteiger partial charge in [-0.05, 0) is 0 Å². The molecule has 1 atom stereocenters. The van der Waals surface area contributed by atoms with Crippen molar-refractivity contribution in [3.63, 3.8) is 0 Å². The second-order valence-corrected chi connectivity index (χ2v) is 2.50. The Bertz CT molecular complexity index is 166. The van der Waals surface area contributed by atoms with Crippen molar-refractivity contribution in [1.82, 2.24) is 0 Å². The zero-order valence-electron chi connectivity index (χ0n) is 4.69. The Morgan fingerprint density at radius 2 is 1.89 bits per heavy atom. The first-order valence-electron chi connectivity index (χ1n) is 2.43. The van der Waals surface area contributed by atoms with Crippen molar-refractivity contribution >= 4 is 8.01 Å². The van der Waals surface area contributed by atoms with Gasteiger partial charge >= 0.3 is 62.3 Å². The number of hydrogen-bond donors (Lipinski definition) is 0. The summed E-state index contributed by atoms with van der Waals surface area (Å²) in [5.41, 5.74) is 0. The van der Waals surface area contributed by atoms with E-state index >= 15 is 0 Å². The van der Waals surface area contributed by atoms with Crippen LogP contribution in [0, 0.1) is 0 Å². The van der Waals surface area contributed by atoms with Crippen LogP contribution in [0.15, 0.2) is 30.3 Å². The number of benzene rings is 1. The van der Waals surface area contributed by atoms with Gasteiger partial charge < -0.3 is 0 Å². The second kappa shape index (κ2) is 3.87. The predicted molar refractivity (Wildman–Crippen MR) is 36.8 cm³/mol. The predicted octanol–water partition coefficient (Wildman–Crippen LogP) is 1.85. The Morgan fingerprint density at radius 3 is 2.44 bits per heavy atom. The van der Waals surface area contributed by atoms with Crippen molar-refractivity contribution in [2.75, 3.05) is 0 Å². The van der Waals surface area contributed by atoms with Crippen LogP contribution < -0.4 is 3.88 Å². The summed E-state index contributed by atoms with van der Waals surface area (Å²) in [7, 11) is 2.44. The molecule has 0 heterocycles. The van der Waals surface area contributed by atoms with Crippen molar-refractivity contribution in [3.05, 3.63) is 30.3 Å². The van der Waals surface area contributed by atoms with Crippen LogP contribution >= 0.6 is 8.01 Å². The van der Waals surface area contributed by atoms with Crippen LogP contribution in [0.3, 0.4) is 0 Å². The molecule has 1 aromatic carbocycles. The van der Waals surface area contributed by atoms with Gasteiger partial charge in [-0.3, -0.25) is 0 Å². The molecule has 0 aromatic heterocycles. The molecule has 3 heteroatoms. The fraction of sp³-hybridized carbons (Fsp3) is 0. The fourth-order valence-corrected chi connectivity index (χ4v) is 1.13. The standard InChI is InChI=1S/C6H6O.Ni.H2P/c7-6-4-2-1-3-5-6;;/h1-5,7H;;1H2/q;+2;-1/p-1. The van der Waals surface area contributed by atoms with Gasteiger partial charge in [0.1, 0.15) is 0 Å². The minimum absolute atomic E-state index is 0.896. The zero-order chi connectivity index (χ0) is 6.53. The molecule has 0 spiro atoms. The molecule has 0 N–H and O–H groups in total. The first kappa shape index (κ1) is 7.06. The maximum atomic E-state index is 5.11. The second-order valence-electron chi connectivity index (χ2n) is 1.45. The van der Waals surface area contributed by atoms with Crippen LogP contribution in [0.1, 0.15) is 0 Å². The Balaban J connectivity index is 2.61. The van der Waals surface area contributed by atoms with Gasteiger partial charge in [0, 0.05) is 0 Å². The normalized spacial score (nSPS) is 9.44. The Kier molecular flexibility index (Phi) is 3.04. The number of rotatable bonds is 2. The van der Waals surface area contributed by atoms with E-state index in [2.05, 4.69) is 8.01 Å². The van der Waals surface area contributed by atoms with Crippen molar-refractivity contribution in [2.24, 2.45) is 0 Å². The van der Waals surface area contributed by atoms with Gasteiger partial charge in [0.2, 0.25) is 0 Å². The third kappa shape index (κ3) is 2.34. The van der Waals surface area contributed by atoms with E-state index in [-0.39, 0.29) is 0 Å². The molecule has 0 aliphatic carbocycles. The first-order valence-corrected chi connectivity index (χ1v) is 4.91. The van der Waals surface area contributed by atoms with Crippen LogP contribution in [-0.4, -0.2) is 0 Å². The molecule has 0 saturated heterocycles. The van der Waals surface area contributed by atoms with Gasteiger partial charge in [-0.15, -0.1) is 0 Å². The van der Waals surface area contributed by atoms with E-state index in [1.54, 1.807) is 0 Å². The average Bonchev–Trinajstić information content (AvgIpc) is 1.91. The van der Waals surface area contributed by atoms with E-state index in [0.29, 0.717) is 0 Å². The van der Waals surface area contributed by atoms with Crippen LogP contribution in [0.5, 0.6) is 5.75 Å². The van der Waals surface area contributed by atoms with Crippen LogP contribution in [0.4, 0.5) is 0 Å². The molecule has 0 aliphatic heterocycles. The van der Waals surface area contributed by atoms with E-state index in [0.717, 1.165) is 20.1 Å². The van der Waals surface area contributed by atoms with Crippen molar-refractivity contribution < 1.29 is 18.2 Å². The van der Waals surface area contributed by atoms with Gasteiger partial charge in [-0.1, -0.05) is 0 Å². The van der Waals surface area contributed by atoms with Crippen molar-refractivity contribution in [3.8, 4) is 5.75 Å². The van der Waals surface area contributed by atoms with Crippen LogP contribution in [0.2, 0.25) is 0 Å². The molecule has 9 heavy (non-hydrogen) atoms. The third-order valence-electron chi connectivity index (χ3n) is 0.855. The Morgan fingerprint density at radius 1 is 1.22 bits per heavy atom. The molecule has 52 valence electrons. The van der Waals surface area contributed by atoms with Gasteiger partial charge in [-0.25, -0.2) is 0 Å². The van der Waals surface area contributed by atoms with Crippen LogP contribution in [-0.2, 0) is 14.3 Å². The molecule has 1 nitrogen and oxygen atoms in total. The molecular weight excluding hydrogens is 178 g/mol. The molecule has 0 amide bonds. The minimum atomic E-state index is 0.896. The van der Waals surface area contributed by atoms with E-state index in [4.69, 9.17) is 3.88 Å². The molecule has 0 aliphatic rings. The first-order chi connectivity index (χ1) is 4.43. The summed E-state index contributed by atoms with van der Waals surface area (Å²) >= 11 is 1.12. The molecule has 0 fully saturated rings. The van der Waals surface area contributed by atoms with Crippen molar-refractivity contribution in [2.45, 2.75) is 0 Å². The third-order valence-corrected chi connectivity index (χ3v) is 1.51. The zero-order valence-corrected chi connectivity index (χ0v) is 6.83. The molecule has 1 unspecified atom stereocenters. The van der Waals surface area contributed by atoms with Gasteiger partial charge in [0.05, 0.1) is 0 Å². The fourth-order valence-electron chi connectivity index (χ4n) is 0.507. The maximum absolute atomic E-state index is 5.11. The molecule has 1 aromatic rings. The molecule has 0 radical (unpaired) electrons. The number of hydrogen-bond acceptors (Lipinski definition) is 1. The average molecular weight is 185 g/mol. The van der Waals surface area contributed by atoms with Gasteiger partial charge in [-0.2, -0.15) is 0 Å². The summed E-state index contributed by atoms with van der Waals surface area (Å²) in [6.07, 6.45) is 0. The summed E-state index contributed by atoms with van der Waals surface area (Å²) in [6.45, 7) is 0. The van der Waals surface area contributed by atoms with Crippen molar-refractivity contribution in [1.29, 1.82) is 0 Å². The van der Waals surface area contributed by atoms with Gasteiger partial charge in [0.25, 0.3) is 0 Å². The molecule has 0 bridgehead atoms. The SMILES string of the molecule is [PH2][Ni][O]c1ccccc1. The Labute approximate surface area is 62.7 Å².